The summed E-state index contributed by atoms with van der Waals surface area (Å²) >= 11 is 0. The van der Waals surface area contributed by atoms with Crippen molar-refractivity contribution in [2.45, 2.75) is 50.0 Å². The second-order valence-corrected chi connectivity index (χ2v) is 9.18. The van der Waals surface area contributed by atoms with Gasteiger partial charge in [0.2, 0.25) is 15.9 Å². The molecule has 1 saturated carbocycles. The van der Waals surface area contributed by atoms with Crippen LogP contribution >= 0.6 is 0 Å². The van der Waals surface area contributed by atoms with Gasteiger partial charge < -0.3 is 10.2 Å². The lowest BCUT2D eigenvalue weighted by molar-refractivity contribution is -0.129. The normalized spacial score (nSPS) is 19.7. The van der Waals surface area contributed by atoms with E-state index in [4.69, 9.17) is 0 Å². The number of nitrogens with one attached hydrogen (secondary N) is 1. The number of hydrogen-bond donors (Lipinski definition) is 1. The van der Waals surface area contributed by atoms with Crippen molar-refractivity contribution in [3.05, 3.63) is 29.8 Å². The number of nitrogens with zero attached hydrogens (tertiary/aromatic N) is 2. The Morgan fingerprint density at radius 2 is 1.56 bits per heavy atom. The summed E-state index contributed by atoms with van der Waals surface area (Å²) in [7, 11) is -3.62. The predicted molar refractivity (Wildman–Crippen MR) is 102 cm³/mol. The molecule has 1 aliphatic heterocycles. The van der Waals surface area contributed by atoms with Crippen LogP contribution in [0.3, 0.4) is 0 Å². The Morgan fingerprint density at radius 1 is 0.963 bits per heavy atom. The van der Waals surface area contributed by atoms with Crippen molar-refractivity contribution in [1.29, 1.82) is 0 Å². The lowest BCUT2D eigenvalue weighted by Crippen LogP contribution is -2.49. The number of rotatable bonds is 4. The highest BCUT2D eigenvalue weighted by Gasteiger charge is 2.29. The number of hydrogen-bond acceptors (Lipinski definition) is 4. The number of carbonyl (C=O) groups is 2. The molecule has 2 amide bonds. The van der Waals surface area contributed by atoms with E-state index in [1.165, 1.54) is 29.8 Å². The quantitative estimate of drug-likeness (QED) is 0.842. The van der Waals surface area contributed by atoms with Gasteiger partial charge in [0.25, 0.3) is 5.91 Å². The minimum atomic E-state index is -3.62. The summed E-state index contributed by atoms with van der Waals surface area (Å²) in [4.78, 5) is 25.6. The molecular weight excluding hydrogens is 366 g/mol. The molecule has 0 aromatic heterocycles. The van der Waals surface area contributed by atoms with Crippen LogP contribution in [-0.2, 0) is 14.8 Å². The monoisotopic (exact) mass is 393 g/mol. The molecule has 0 unspecified atom stereocenters. The van der Waals surface area contributed by atoms with Crippen LogP contribution in [0.2, 0.25) is 0 Å². The first kappa shape index (κ1) is 19.8. The largest absolute Gasteiger partial charge is 0.349 e. The smallest absolute Gasteiger partial charge is 0.251 e. The summed E-state index contributed by atoms with van der Waals surface area (Å²) in [5.74, 6) is -0.193. The van der Waals surface area contributed by atoms with Crippen molar-refractivity contribution in [2.24, 2.45) is 0 Å². The molecule has 1 saturated heterocycles. The highest BCUT2D eigenvalue weighted by Crippen LogP contribution is 2.20. The molecule has 3 rings (SSSR count). The number of sulfonamides is 1. The van der Waals surface area contributed by atoms with Crippen LogP contribution in [0.1, 0.15) is 49.4 Å². The topological polar surface area (TPSA) is 86.8 Å². The van der Waals surface area contributed by atoms with Gasteiger partial charge in [-0.1, -0.05) is 19.3 Å². The SMILES string of the molecule is CC(=O)N1CCN(S(=O)(=O)c2ccc(C(=O)NC3CCCCC3)cc2)CC1. The van der Waals surface area contributed by atoms with E-state index in [0.717, 1.165) is 25.7 Å². The molecule has 148 valence electrons. The summed E-state index contributed by atoms with van der Waals surface area (Å²) in [6, 6.07) is 6.32. The Bertz CT molecular complexity index is 778. The van der Waals surface area contributed by atoms with Gasteiger partial charge in [0, 0.05) is 44.7 Å². The first-order chi connectivity index (χ1) is 12.9. The average Bonchev–Trinajstić information content (AvgIpc) is 2.69. The molecule has 7 nitrogen and oxygen atoms in total. The van der Waals surface area contributed by atoms with E-state index in [1.807, 2.05) is 0 Å². The average molecular weight is 394 g/mol. The highest BCUT2D eigenvalue weighted by atomic mass is 32.2. The molecule has 1 aromatic rings. The van der Waals surface area contributed by atoms with E-state index in [-0.39, 0.29) is 35.8 Å². The molecule has 2 fully saturated rings. The minimum absolute atomic E-state index is 0.0413. The van der Waals surface area contributed by atoms with E-state index in [1.54, 1.807) is 17.0 Å². The lowest BCUT2D eigenvalue weighted by Gasteiger charge is -2.33. The Kier molecular flexibility index (Phi) is 6.16. The summed E-state index contributed by atoms with van der Waals surface area (Å²) in [5, 5.41) is 3.04. The third-order valence-corrected chi connectivity index (χ3v) is 7.29. The van der Waals surface area contributed by atoms with Crippen molar-refractivity contribution < 1.29 is 18.0 Å². The molecule has 0 spiro atoms. The number of benzene rings is 1. The van der Waals surface area contributed by atoms with Crippen LogP contribution in [0, 0.1) is 0 Å². The van der Waals surface area contributed by atoms with Crippen molar-refractivity contribution in [2.75, 3.05) is 26.2 Å². The van der Waals surface area contributed by atoms with Gasteiger partial charge in [-0.25, -0.2) is 8.42 Å². The highest BCUT2D eigenvalue weighted by molar-refractivity contribution is 7.89. The van der Waals surface area contributed by atoms with Gasteiger partial charge in [0.15, 0.2) is 0 Å². The zero-order chi connectivity index (χ0) is 19.4. The summed E-state index contributed by atoms with van der Waals surface area (Å²) < 4.78 is 27.0. The second kappa shape index (κ2) is 8.39. The molecule has 1 aliphatic carbocycles. The molecule has 0 atom stereocenters. The summed E-state index contributed by atoms with van der Waals surface area (Å²) in [6.07, 6.45) is 5.51. The van der Waals surface area contributed by atoms with Crippen LogP contribution in [0.15, 0.2) is 29.2 Å². The van der Waals surface area contributed by atoms with E-state index < -0.39 is 10.0 Å². The Hall–Kier alpha value is -1.93. The van der Waals surface area contributed by atoms with Gasteiger partial charge in [0.05, 0.1) is 4.90 Å². The third-order valence-electron chi connectivity index (χ3n) is 5.38. The molecule has 0 radical (unpaired) electrons. The fourth-order valence-corrected chi connectivity index (χ4v) is 5.11. The Morgan fingerprint density at radius 3 is 2.11 bits per heavy atom. The number of amides is 2. The Labute approximate surface area is 160 Å². The summed E-state index contributed by atoms with van der Waals surface area (Å²) in [6.45, 7) is 2.85. The molecular formula is C19H27N3O4S. The molecule has 8 heteroatoms. The van der Waals surface area contributed by atoms with E-state index in [2.05, 4.69) is 5.32 Å². The van der Waals surface area contributed by atoms with Crippen molar-refractivity contribution in [3.63, 3.8) is 0 Å². The molecule has 1 heterocycles. The second-order valence-electron chi connectivity index (χ2n) is 7.24. The van der Waals surface area contributed by atoms with Gasteiger partial charge in [-0.05, 0) is 37.1 Å². The lowest BCUT2D eigenvalue weighted by atomic mass is 9.95. The van der Waals surface area contributed by atoms with Gasteiger partial charge in [0.1, 0.15) is 0 Å². The minimum Gasteiger partial charge on any atom is -0.349 e. The van der Waals surface area contributed by atoms with E-state index >= 15 is 0 Å². The van der Waals surface area contributed by atoms with E-state index in [0.29, 0.717) is 18.7 Å². The van der Waals surface area contributed by atoms with Crippen LogP contribution in [0.25, 0.3) is 0 Å². The maximum Gasteiger partial charge on any atom is 0.251 e. The van der Waals surface area contributed by atoms with Gasteiger partial charge in [-0.15, -0.1) is 0 Å². The van der Waals surface area contributed by atoms with Crippen molar-refractivity contribution >= 4 is 21.8 Å². The maximum atomic E-state index is 12.8. The van der Waals surface area contributed by atoms with Crippen LogP contribution in [0.5, 0.6) is 0 Å². The van der Waals surface area contributed by atoms with Gasteiger partial charge >= 0.3 is 0 Å². The zero-order valence-electron chi connectivity index (χ0n) is 15.7. The zero-order valence-corrected chi connectivity index (χ0v) is 16.5. The number of carbonyl (C=O) groups excluding carboxylic acids is 2. The summed E-state index contributed by atoms with van der Waals surface area (Å²) in [5.41, 5.74) is 0.473. The standard InChI is InChI=1S/C19H27N3O4S/c1-15(23)21-11-13-22(14-12-21)27(25,26)18-9-7-16(8-10-18)19(24)20-17-5-3-2-4-6-17/h7-10,17H,2-6,11-14H2,1H3,(H,20,24). The van der Waals surface area contributed by atoms with Crippen LogP contribution in [-0.4, -0.2) is 61.7 Å². The van der Waals surface area contributed by atoms with Gasteiger partial charge in [-0.3, -0.25) is 9.59 Å². The molecule has 1 N–H and O–H groups in total. The fraction of sp³-hybridized carbons (Fsp3) is 0.579. The van der Waals surface area contributed by atoms with E-state index in [9.17, 15) is 18.0 Å². The fourth-order valence-electron chi connectivity index (χ4n) is 3.69. The molecule has 0 bridgehead atoms. The Balaban J connectivity index is 1.63. The van der Waals surface area contributed by atoms with Crippen LogP contribution < -0.4 is 5.32 Å². The van der Waals surface area contributed by atoms with Crippen molar-refractivity contribution in [1.82, 2.24) is 14.5 Å². The first-order valence-electron chi connectivity index (χ1n) is 9.54. The van der Waals surface area contributed by atoms with Crippen LogP contribution in [0.4, 0.5) is 0 Å². The van der Waals surface area contributed by atoms with Gasteiger partial charge in [-0.2, -0.15) is 4.31 Å². The van der Waals surface area contributed by atoms with Crippen molar-refractivity contribution in [3.8, 4) is 0 Å². The maximum absolute atomic E-state index is 12.8. The third kappa shape index (κ3) is 4.68. The molecule has 1 aromatic carbocycles. The first-order valence-corrected chi connectivity index (χ1v) is 11.0. The molecule has 27 heavy (non-hydrogen) atoms. The molecule has 2 aliphatic rings. The predicted octanol–water partition coefficient (Wildman–Crippen LogP) is 1.60. The number of piperazine rings is 1.